The molecule has 0 radical (unpaired) electrons. The zero-order valence-corrected chi connectivity index (χ0v) is 14.3. The van der Waals surface area contributed by atoms with Crippen molar-refractivity contribution < 1.29 is 14.6 Å². The minimum Gasteiger partial charge on any atom is -0.481 e. The predicted molar refractivity (Wildman–Crippen MR) is 103 cm³/mol. The van der Waals surface area contributed by atoms with Gasteiger partial charge in [0, 0.05) is 11.1 Å². The van der Waals surface area contributed by atoms with Gasteiger partial charge >= 0.3 is 5.97 Å². The van der Waals surface area contributed by atoms with Crippen molar-refractivity contribution in [3.05, 3.63) is 72.3 Å². The lowest BCUT2D eigenvalue weighted by Crippen LogP contribution is -2.04. The molecule has 128 valence electrons. The van der Waals surface area contributed by atoms with Gasteiger partial charge in [-0.3, -0.25) is 4.79 Å². The highest BCUT2D eigenvalue weighted by Crippen LogP contribution is 2.35. The van der Waals surface area contributed by atoms with Gasteiger partial charge in [-0.25, -0.2) is 4.98 Å². The molecule has 0 bridgehead atoms. The Balaban J connectivity index is 1.97. The van der Waals surface area contributed by atoms with Crippen molar-refractivity contribution in [3.63, 3.8) is 0 Å². The molecule has 0 aliphatic carbocycles. The number of rotatable bonds is 4. The molecule has 1 aromatic heterocycles. The van der Waals surface area contributed by atoms with E-state index in [0.29, 0.717) is 11.4 Å². The first-order valence-corrected chi connectivity index (χ1v) is 8.34. The average molecular weight is 343 g/mol. The number of pyridine rings is 1. The Morgan fingerprint density at radius 3 is 2.38 bits per heavy atom. The molecule has 26 heavy (non-hydrogen) atoms. The molecular weight excluding hydrogens is 326 g/mol. The number of fused-ring (bicyclic) bond motifs is 3. The summed E-state index contributed by atoms with van der Waals surface area (Å²) in [5.74, 6) is -0.559. The van der Waals surface area contributed by atoms with Gasteiger partial charge in [-0.2, -0.15) is 0 Å². The van der Waals surface area contributed by atoms with Crippen LogP contribution in [-0.2, 0) is 11.2 Å². The number of hydrogen-bond donors (Lipinski definition) is 1. The van der Waals surface area contributed by atoms with Gasteiger partial charge in [0.05, 0.1) is 19.2 Å². The summed E-state index contributed by atoms with van der Waals surface area (Å²) in [6.07, 6.45) is -0.116. The maximum Gasteiger partial charge on any atom is 0.308 e. The molecule has 1 N–H and O–H groups in total. The number of carboxylic acid groups (broad SMARTS) is 1. The van der Waals surface area contributed by atoms with Crippen LogP contribution in [0.25, 0.3) is 32.8 Å². The van der Waals surface area contributed by atoms with Gasteiger partial charge in [0.1, 0.15) is 0 Å². The SMILES string of the molecule is COc1nc(-c2cc3ccccc3c3ccccc23)ccc1CC(=O)O. The number of methoxy groups -OCH3 is 1. The maximum atomic E-state index is 11.0. The lowest BCUT2D eigenvalue weighted by molar-refractivity contribution is -0.136. The van der Waals surface area contributed by atoms with Crippen LogP contribution in [0.4, 0.5) is 0 Å². The minimum atomic E-state index is -0.908. The Hall–Kier alpha value is -3.40. The Morgan fingerprint density at radius 2 is 1.65 bits per heavy atom. The minimum absolute atomic E-state index is 0.116. The summed E-state index contributed by atoms with van der Waals surface area (Å²) in [4.78, 5) is 15.6. The van der Waals surface area contributed by atoms with Crippen LogP contribution in [-0.4, -0.2) is 23.2 Å². The van der Waals surface area contributed by atoms with Gasteiger partial charge in [0.25, 0.3) is 0 Å². The third kappa shape index (κ3) is 2.75. The van der Waals surface area contributed by atoms with E-state index in [2.05, 4.69) is 35.3 Å². The Morgan fingerprint density at radius 1 is 0.962 bits per heavy atom. The summed E-state index contributed by atoms with van der Waals surface area (Å²) in [5.41, 5.74) is 2.33. The number of hydrogen-bond acceptors (Lipinski definition) is 3. The average Bonchev–Trinajstić information content (AvgIpc) is 2.67. The van der Waals surface area contributed by atoms with E-state index in [-0.39, 0.29) is 6.42 Å². The van der Waals surface area contributed by atoms with Crippen molar-refractivity contribution in [2.24, 2.45) is 0 Å². The van der Waals surface area contributed by atoms with Crippen LogP contribution in [0.15, 0.2) is 66.7 Å². The smallest absolute Gasteiger partial charge is 0.308 e. The van der Waals surface area contributed by atoms with Crippen molar-refractivity contribution in [1.82, 2.24) is 4.98 Å². The molecule has 0 unspecified atom stereocenters. The molecule has 4 heteroatoms. The van der Waals surface area contributed by atoms with Gasteiger partial charge in [-0.1, -0.05) is 54.6 Å². The van der Waals surface area contributed by atoms with Crippen molar-refractivity contribution in [3.8, 4) is 17.1 Å². The zero-order valence-electron chi connectivity index (χ0n) is 14.3. The van der Waals surface area contributed by atoms with Crippen molar-refractivity contribution >= 4 is 27.5 Å². The number of carboxylic acids is 1. The first kappa shape index (κ1) is 16.1. The molecule has 0 amide bonds. The number of aliphatic carboxylic acids is 1. The highest BCUT2D eigenvalue weighted by molar-refractivity contribution is 6.13. The van der Waals surface area contributed by atoms with E-state index in [9.17, 15) is 4.79 Å². The maximum absolute atomic E-state index is 11.0. The first-order chi connectivity index (χ1) is 12.7. The summed E-state index contributed by atoms with van der Waals surface area (Å²) in [7, 11) is 1.51. The molecule has 0 saturated heterocycles. The van der Waals surface area contributed by atoms with E-state index in [1.807, 2.05) is 30.3 Å². The number of nitrogens with zero attached hydrogens (tertiary/aromatic N) is 1. The van der Waals surface area contributed by atoms with Crippen LogP contribution < -0.4 is 4.74 Å². The van der Waals surface area contributed by atoms with Crippen LogP contribution in [0.2, 0.25) is 0 Å². The van der Waals surface area contributed by atoms with Crippen LogP contribution in [0.5, 0.6) is 5.88 Å². The molecular formula is C22H17NO3. The number of benzene rings is 3. The summed E-state index contributed by atoms with van der Waals surface area (Å²) in [6, 6.07) is 22.2. The predicted octanol–water partition coefficient (Wildman–Crippen LogP) is 4.69. The number of ether oxygens (including phenoxy) is 1. The van der Waals surface area contributed by atoms with Crippen LogP contribution in [0.3, 0.4) is 0 Å². The van der Waals surface area contributed by atoms with Gasteiger partial charge in [0.2, 0.25) is 5.88 Å². The molecule has 0 aliphatic heterocycles. The second kappa shape index (κ2) is 6.48. The highest BCUT2D eigenvalue weighted by Gasteiger charge is 2.14. The Kier molecular flexibility index (Phi) is 4.01. The third-order valence-electron chi connectivity index (χ3n) is 4.52. The van der Waals surface area contributed by atoms with Crippen LogP contribution in [0, 0.1) is 0 Å². The van der Waals surface area contributed by atoms with Crippen molar-refractivity contribution in [2.75, 3.05) is 7.11 Å². The number of carbonyl (C=O) groups is 1. The van der Waals surface area contributed by atoms with E-state index in [1.54, 1.807) is 6.07 Å². The summed E-state index contributed by atoms with van der Waals surface area (Å²) in [6.45, 7) is 0. The van der Waals surface area contributed by atoms with Gasteiger partial charge in [0.15, 0.2) is 0 Å². The monoisotopic (exact) mass is 343 g/mol. The summed E-state index contributed by atoms with van der Waals surface area (Å²) >= 11 is 0. The fourth-order valence-electron chi connectivity index (χ4n) is 3.36. The van der Waals surface area contributed by atoms with Crippen molar-refractivity contribution in [1.29, 1.82) is 0 Å². The topological polar surface area (TPSA) is 59.4 Å². The molecule has 1 heterocycles. The van der Waals surface area contributed by atoms with Gasteiger partial charge in [-0.05, 0) is 33.7 Å². The fourth-order valence-corrected chi connectivity index (χ4v) is 3.36. The third-order valence-corrected chi connectivity index (χ3v) is 4.52. The Bertz CT molecular complexity index is 1130. The molecule has 4 aromatic rings. The highest BCUT2D eigenvalue weighted by atomic mass is 16.5. The lowest BCUT2D eigenvalue weighted by Gasteiger charge is -2.12. The molecule has 4 rings (SSSR count). The van der Waals surface area contributed by atoms with E-state index in [4.69, 9.17) is 9.84 Å². The molecule has 0 saturated carbocycles. The fraction of sp³-hybridized carbons (Fsp3) is 0.0909. The second-order valence-electron chi connectivity index (χ2n) is 6.13. The van der Waals surface area contributed by atoms with Crippen LogP contribution >= 0.6 is 0 Å². The molecule has 0 aliphatic rings. The zero-order chi connectivity index (χ0) is 18.1. The normalized spacial score (nSPS) is 11.0. The molecule has 3 aromatic carbocycles. The summed E-state index contributed by atoms with van der Waals surface area (Å²) in [5, 5.41) is 13.6. The largest absolute Gasteiger partial charge is 0.481 e. The van der Waals surface area contributed by atoms with E-state index < -0.39 is 5.97 Å². The Labute approximate surface area is 150 Å². The molecule has 0 atom stereocenters. The van der Waals surface area contributed by atoms with E-state index in [1.165, 1.54) is 12.5 Å². The van der Waals surface area contributed by atoms with Gasteiger partial charge < -0.3 is 9.84 Å². The standard InChI is InChI=1S/C22H17NO3/c1-26-22-15(13-21(24)25)10-11-20(23-22)19-12-14-6-2-3-7-16(14)17-8-4-5-9-18(17)19/h2-12H,13H2,1H3,(H,24,25). The molecule has 0 spiro atoms. The van der Waals surface area contributed by atoms with Gasteiger partial charge in [-0.15, -0.1) is 0 Å². The second-order valence-corrected chi connectivity index (χ2v) is 6.13. The number of aromatic nitrogens is 1. The first-order valence-electron chi connectivity index (χ1n) is 8.34. The van der Waals surface area contributed by atoms with E-state index >= 15 is 0 Å². The molecule has 4 nitrogen and oxygen atoms in total. The lowest BCUT2D eigenvalue weighted by atomic mass is 9.95. The molecule has 0 fully saturated rings. The van der Waals surface area contributed by atoms with E-state index in [0.717, 1.165) is 27.4 Å². The summed E-state index contributed by atoms with van der Waals surface area (Å²) < 4.78 is 5.33. The van der Waals surface area contributed by atoms with Crippen molar-refractivity contribution in [2.45, 2.75) is 6.42 Å². The quantitative estimate of drug-likeness (QED) is 0.546. The van der Waals surface area contributed by atoms with Crippen LogP contribution in [0.1, 0.15) is 5.56 Å².